The Morgan fingerprint density at radius 1 is 1.80 bits per heavy atom. The molecule has 0 aliphatic rings. The van der Waals surface area contributed by atoms with Crippen molar-refractivity contribution >= 4 is 17.6 Å². The summed E-state index contributed by atoms with van der Waals surface area (Å²) in [5.41, 5.74) is 0.597. The van der Waals surface area contributed by atoms with Crippen molar-refractivity contribution in [3.05, 3.63) is 21.9 Å². The van der Waals surface area contributed by atoms with Gasteiger partial charge in [-0.25, -0.2) is 0 Å². The van der Waals surface area contributed by atoms with Gasteiger partial charge in [0.2, 0.25) is 0 Å². The van der Waals surface area contributed by atoms with Crippen molar-refractivity contribution in [1.29, 1.82) is 5.26 Å². The third-order valence-electron chi connectivity index (χ3n) is 0.934. The molecule has 0 saturated carbocycles. The van der Waals surface area contributed by atoms with Crippen molar-refractivity contribution in [2.45, 2.75) is 0 Å². The molecule has 0 unspecified atom stereocenters. The van der Waals surface area contributed by atoms with Gasteiger partial charge in [0.1, 0.15) is 6.07 Å². The van der Waals surface area contributed by atoms with E-state index in [-0.39, 0.29) is 0 Å². The topological polar surface area (TPSA) is 56.4 Å². The lowest BCUT2D eigenvalue weighted by molar-refractivity contribution is 0.322. The zero-order valence-electron chi connectivity index (χ0n) is 4.98. The average Bonchev–Trinajstić information content (AvgIpc) is 2.37. The molecule has 0 spiro atoms. The lowest BCUT2D eigenvalue weighted by Crippen LogP contribution is -1.69. The summed E-state index contributed by atoms with van der Waals surface area (Å²) >= 11 is 1.37. The fraction of sp³-hybridized carbons (Fsp3) is 0. The molecule has 0 saturated heterocycles. The molecule has 0 fully saturated rings. The molecule has 0 aromatic carbocycles. The average molecular weight is 152 g/mol. The zero-order chi connectivity index (χ0) is 7.40. The zero-order valence-corrected chi connectivity index (χ0v) is 5.80. The van der Waals surface area contributed by atoms with Crippen LogP contribution in [-0.2, 0) is 0 Å². The number of oxime groups is 1. The highest BCUT2D eigenvalue weighted by Crippen LogP contribution is 2.10. The highest BCUT2D eigenvalue weighted by molar-refractivity contribution is 7.11. The summed E-state index contributed by atoms with van der Waals surface area (Å²) in [7, 11) is 0. The minimum atomic E-state index is 0.597. The van der Waals surface area contributed by atoms with Crippen LogP contribution in [0.4, 0.5) is 0 Å². The Morgan fingerprint density at radius 2 is 2.60 bits per heavy atom. The lowest BCUT2D eigenvalue weighted by Gasteiger charge is -1.74. The highest BCUT2D eigenvalue weighted by atomic mass is 32.1. The van der Waals surface area contributed by atoms with Crippen LogP contribution in [0.25, 0.3) is 0 Å². The van der Waals surface area contributed by atoms with E-state index in [1.807, 2.05) is 6.07 Å². The second-order valence-corrected chi connectivity index (χ2v) is 2.54. The minimum Gasteiger partial charge on any atom is -0.411 e. The van der Waals surface area contributed by atoms with E-state index in [1.54, 1.807) is 11.4 Å². The Morgan fingerprint density at radius 3 is 3.10 bits per heavy atom. The summed E-state index contributed by atoms with van der Waals surface area (Å²) < 4.78 is 0. The van der Waals surface area contributed by atoms with Gasteiger partial charge in [-0.2, -0.15) is 5.26 Å². The van der Waals surface area contributed by atoms with Crippen molar-refractivity contribution in [3.63, 3.8) is 0 Å². The molecule has 1 heterocycles. The molecule has 0 radical (unpaired) electrons. The van der Waals surface area contributed by atoms with Crippen LogP contribution >= 0.6 is 11.3 Å². The fourth-order valence-corrected chi connectivity index (χ4v) is 1.22. The molecule has 0 amide bonds. The van der Waals surface area contributed by atoms with Crippen molar-refractivity contribution in [3.8, 4) is 6.07 Å². The molecule has 0 bridgehead atoms. The van der Waals surface area contributed by atoms with Crippen LogP contribution in [0.2, 0.25) is 0 Å². The summed E-state index contributed by atoms with van der Waals surface area (Å²) in [5, 5.41) is 21.0. The SMILES string of the molecule is N#Cc1csc(/C=N/O)c1. The van der Waals surface area contributed by atoms with Gasteiger partial charge in [-0.15, -0.1) is 11.3 Å². The van der Waals surface area contributed by atoms with E-state index in [2.05, 4.69) is 5.16 Å². The first-order valence-corrected chi connectivity index (χ1v) is 3.41. The third kappa shape index (κ3) is 1.33. The Balaban J connectivity index is 2.91. The minimum absolute atomic E-state index is 0.597. The smallest absolute Gasteiger partial charge is 0.100 e. The maximum Gasteiger partial charge on any atom is 0.100 e. The first-order chi connectivity index (χ1) is 4.86. The summed E-state index contributed by atoms with van der Waals surface area (Å²) in [5.74, 6) is 0. The van der Waals surface area contributed by atoms with Crippen LogP contribution in [-0.4, -0.2) is 11.4 Å². The van der Waals surface area contributed by atoms with Crippen molar-refractivity contribution in [2.75, 3.05) is 0 Å². The summed E-state index contributed by atoms with van der Waals surface area (Å²) in [4.78, 5) is 0.777. The molecule has 10 heavy (non-hydrogen) atoms. The van der Waals surface area contributed by atoms with Gasteiger partial charge in [-0.05, 0) is 6.07 Å². The van der Waals surface area contributed by atoms with Crippen LogP contribution in [0.15, 0.2) is 16.6 Å². The van der Waals surface area contributed by atoms with Crippen molar-refractivity contribution in [1.82, 2.24) is 0 Å². The number of hydrogen-bond donors (Lipinski definition) is 1. The lowest BCUT2D eigenvalue weighted by atomic mass is 10.3. The van der Waals surface area contributed by atoms with Gasteiger partial charge in [-0.1, -0.05) is 5.16 Å². The Labute approximate surface area is 61.8 Å². The molecular formula is C6H4N2OS. The van der Waals surface area contributed by atoms with Crippen LogP contribution in [0.5, 0.6) is 0 Å². The number of hydrogen-bond acceptors (Lipinski definition) is 4. The standard InChI is InChI=1S/C6H4N2OS/c7-2-5-1-6(3-8-9)10-4-5/h1,3-4,9H/b8-3+. The normalized spacial score (nSPS) is 9.90. The monoisotopic (exact) mass is 152 g/mol. The van der Waals surface area contributed by atoms with Gasteiger partial charge < -0.3 is 5.21 Å². The maximum absolute atomic E-state index is 8.37. The maximum atomic E-state index is 8.37. The molecule has 4 heteroatoms. The fourth-order valence-electron chi connectivity index (χ4n) is 0.536. The van der Waals surface area contributed by atoms with Crippen LogP contribution in [0.3, 0.4) is 0 Å². The van der Waals surface area contributed by atoms with Crippen molar-refractivity contribution in [2.24, 2.45) is 5.16 Å². The third-order valence-corrected chi connectivity index (χ3v) is 1.80. The number of nitrogens with zero attached hydrogens (tertiary/aromatic N) is 2. The van der Waals surface area contributed by atoms with E-state index < -0.39 is 0 Å². The van der Waals surface area contributed by atoms with E-state index in [9.17, 15) is 0 Å². The quantitative estimate of drug-likeness (QED) is 0.376. The predicted molar refractivity (Wildman–Crippen MR) is 38.4 cm³/mol. The van der Waals surface area contributed by atoms with E-state index in [4.69, 9.17) is 10.5 Å². The molecule has 1 aromatic rings. The molecule has 1 aromatic heterocycles. The highest BCUT2D eigenvalue weighted by Gasteiger charge is 1.93. The van der Waals surface area contributed by atoms with Gasteiger partial charge in [0.25, 0.3) is 0 Å². The van der Waals surface area contributed by atoms with E-state index in [0.717, 1.165) is 4.88 Å². The van der Waals surface area contributed by atoms with Gasteiger partial charge in [0.05, 0.1) is 11.8 Å². The van der Waals surface area contributed by atoms with Crippen LogP contribution < -0.4 is 0 Å². The van der Waals surface area contributed by atoms with Crippen LogP contribution in [0.1, 0.15) is 10.4 Å². The van der Waals surface area contributed by atoms with Gasteiger partial charge >= 0.3 is 0 Å². The van der Waals surface area contributed by atoms with Crippen LogP contribution in [0, 0.1) is 11.3 Å². The van der Waals surface area contributed by atoms with Gasteiger partial charge in [-0.3, -0.25) is 0 Å². The second kappa shape index (κ2) is 2.99. The second-order valence-electron chi connectivity index (χ2n) is 1.59. The number of thiophene rings is 1. The predicted octanol–water partition coefficient (Wildman–Crippen LogP) is 1.43. The Hall–Kier alpha value is -1.34. The number of nitriles is 1. The molecule has 1 N–H and O–H groups in total. The molecule has 0 aliphatic heterocycles. The molecule has 50 valence electrons. The van der Waals surface area contributed by atoms with E-state index in [1.165, 1.54) is 17.6 Å². The Bertz CT molecular complexity index is 284. The Kier molecular flexibility index (Phi) is 2.03. The van der Waals surface area contributed by atoms with E-state index >= 15 is 0 Å². The molecule has 0 aliphatic carbocycles. The van der Waals surface area contributed by atoms with Gasteiger partial charge in [0, 0.05) is 10.3 Å². The first-order valence-electron chi connectivity index (χ1n) is 2.53. The largest absolute Gasteiger partial charge is 0.411 e. The number of rotatable bonds is 1. The molecule has 1 rings (SSSR count). The molecular weight excluding hydrogens is 148 g/mol. The van der Waals surface area contributed by atoms with Crippen molar-refractivity contribution < 1.29 is 5.21 Å². The first kappa shape index (κ1) is 6.78. The molecule has 0 atom stereocenters. The summed E-state index contributed by atoms with van der Waals surface area (Å²) in [6.45, 7) is 0. The van der Waals surface area contributed by atoms with Gasteiger partial charge in [0.15, 0.2) is 0 Å². The van der Waals surface area contributed by atoms with E-state index in [0.29, 0.717) is 5.56 Å². The summed E-state index contributed by atoms with van der Waals surface area (Å²) in [6.07, 6.45) is 1.30. The molecule has 3 nitrogen and oxygen atoms in total. The summed E-state index contributed by atoms with van der Waals surface area (Å²) in [6, 6.07) is 3.63.